The van der Waals surface area contributed by atoms with E-state index in [2.05, 4.69) is 31.2 Å². The first-order valence-corrected chi connectivity index (χ1v) is 5.10. The van der Waals surface area contributed by atoms with E-state index in [0.29, 0.717) is 6.54 Å². The number of rotatable bonds is 2. The third-order valence-corrected chi connectivity index (χ3v) is 2.71. The third-order valence-electron chi connectivity index (χ3n) is 2.71. The Hall–Kier alpha value is -1.46. The van der Waals surface area contributed by atoms with Gasteiger partial charge in [0.05, 0.1) is 12.6 Å². The topological polar surface area (TPSA) is 21.3 Å². The van der Waals surface area contributed by atoms with E-state index in [1.807, 2.05) is 18.2 Å². The molecule has 2 rings (SSSR count). The second-order valence-electron chi connectivity index (χ2n) is 4.26. The average molecular weight is 201 g/mol. The fourth-order valence-corrected chi connectivity index (χ4v) is 2.05. The summed E-state index contributed by atoms with van der Waals surface area (Å²) < 4.78 is 5.87. The van der Waals surface area contributed by atoms with E-state index in [9.17, 15) is 0 Å². The number of terminal acetylenes is 1. The van der Waals surface area contributed by atoms with Crippen molar-refractivity contribution in [1.29, 1.82) is 0 Å². The molecule has 1 aromatic carbocycles. The summed E-state index contributed by atoms with van der Waals surface area (Å²) in [6, 6.07) is 8.25. The predicted molar refractivity (Wildman–Crippen MR) is 60.7 cm³/mol. The molecule has 1 N–H and O–H groups in total. The highest BCUT2D eigenvalue weighted by Gasteiger charge is 2.40. The molecule has 0 fully saturated rings. The van der Waals surface area contributed by atoms with E-state index in [4.69, 9.17) is 11.2 Å². The van der Waals surface area contributed by atoms with E-state index >= 15 is 0 Å². The van der Waals surface area contributed by atoms with E-state index < -0.39 is 0 Å². The van der Waals surface area contributed by atoms with Gasteiger partial charge in [-0.25, -0.2) is 0 Å². The first kappa shape index (κ1) is 10.1. The van der Waals surface area contributed by atoms with Gasteiger partial charge >= 0.3 is 0 Å². The highest BCUT2D eigenvalue weighted by molar-refractivity contribution is 5.42. The Labute approximate surface area is 90.6 Å². The molecule has 1 aromatic rings. The highest BCUT2D eigenvalue weighted by atomic mass is 16.5. The summed E-state index contributed by atoms with van der Waals surface area (Å²) in [7, 11) is 0. The quantitative estimate of drug-likeness (QED) is 0.740. The Bertz CT molecular complexity index is 403. The van der Waals surface area contributed by atoms with Gasteiger partial charge < -0.3 is 4.74 Å². The van der Waals surface area contributed by atoms with Gasteiger partial charge in [0, 0.05) is 5.56 Å². The van der Waals surface area contributed by atoms with Crippen LogP contribution in [0.5, 0.6) is 5.75 Å². The van der Waals surface area contributed by atoms with Crippen molar-refractivity contribution < 1.29 is 4.74 Å². The van der Waals surface area contributed by atoms with Crippen molar-refractivity contribution >= 4 is 0 Å². The van der Waals surface area contributed by atoms with Crippen LogP contribution in [-0.2, 0) is 0 Å². The van der Waals surface area contributed by atoms with Crippen molar-refractivity contribution in [3.63, 3.8) is 0 Å². The zero-order chi connectivity index (χ0) is 10.9. The maximum absolute atomic E-state index is 5.87. The van der Waals surface area contributed by atoms with Gasteiger partial charge in [-0.15, -0.1) is 6.42 Å². The second kappa shape index (κ2) is 3.60. The fraction of sp³-hybridized carbons (Fsp3) is 0.385. The molecule has 1 atom stereocenters. The molecule has 1 aliphatic heterocycles. The molecule has 0 radical (unpaired) electrons. The maximum Gasteiger partial charge on any atom is 0.125 e. The molecule has 0 saturated heterocycles. The zero-order valence-electron chi connectivity index (χ0n) is 9.08. The molecule has 0 amide bonds. The number of ether oxygens (including phenoxy) is 1. The van der Waals surface area contributed by atoms with Crippen molar-refractivity contribution in [2.24, 2.45) is 0 Å². The fourth-order valence-electron chi connectivity index (χ4n) is 2.05. The van der Waals surface area contributed by atoms with Crippen LogP contribution in [0, 0.1) is 12.3 Å². The molecule has 0 spiro atoms. The van der Waals surface area contributed by atoms with Gasteiger partial charge in [-0.2, -0.15) is 0 Å². The van der Waals surface area contributed by atoms with E-state index in [1.165, 1.54) is 5.56 Å². The normalized spacial score (nSPS) is 21.5. The molecule has 1 heterocycles. The minimum Gasteiger partial charge on any atom is -0.486 e. The van der Waals surface area contributed by atoms with Crippen LogP contribution in [-0.4, -0.2) is 12.1 Å². The molecule has 15 heavy (non-hydrogen) atoms. The standard InChI is InChI=1S/C13H15NO/c1-4-9-14-12-10-7-5-6-8-11(10)15-13(12,2)3/h1,5-8,12,14H,9H2,2-3H3. The van der Waals surface area contributed by atoms with Crippen molar-refractivity contribution in [1.82, 2.24) is 5.32 Å². The minimum absolute atomic E-state index is 0.171. The Kier molecular flexibility index (Phi) is 2.42. The van der Waals surface area contributed by atoms with Gasteiger partial charge in [-0.3, -0.25) is 5.32 Å². The summed E-state index contributed by atoms with van der Waals surface area (Å²) in [5, 5.41) is 3.32. The first-order chi connectivity index (χ1) is 7.15. The van der Waals surface area contributed by atoms with Gasteiger partial charge in [0.25, 0.3) is 0 Å². The van der Waals surface area contributed by atoms with Crippen LogP contribution in [0.4, 0.5) is 0 Å². The molecular formula is C13H15NO. The predicted octanol–water partition coefficient (Wildman–Crippen LogP) is 2.12. The monoisotopic (exact) mass is 201 g/mol. The van der Waals surface area contributed by atoms with Crippen molar-refractivity contribution in [2.45, 2.75) is 25.5 Å². The van der Waals surface area contributed by atoms with Crippen LogP contribution in [0.25, 0.3) is 0 Å². The minimum atomic E-state index is -0.236. The molecule has 0 bridgehead atoms. The number of fused-ring (bicyclic) bond motifs is 1. The lowest BCUT2D eigenvalue weighted by atomic mass is 9.94. The van der Waals surface area contributed by atoms with Gasteiger partial charge in [-0.05, 0) is 19.9 Å². The lowest BCUT2D eigenvalue weighted by molar-refractivity contribution is 0.0984. The molecule has 1 unspecified atom stereocenters. The van der Waals surface area contributed by atoms with Gasteiger partial charge in [-0.1, -0.05) is 24.1 Å². The number of hydrogen-bond acceptors (Lipinski definition) is 2. The van der Waals surface area contributed by atoms with Gasteiger partial charge in [0.15, 0.2) is 0 Å². The van der Waals surface area contributed by atoms with Crippen LogP contribution in [0.3, 0.4) is 0 Å². The molecule has 0 aromatic heterocycles. The number of benzene rings is 1. The van der Waals surface area contributed by atoms with Crippen LogP contribution >= 0.6 is 0 Å². The lowest BCUT2D eigenvalue weighted by Gasteiger charge is -2.26. The molecule has 78 valence electrons. The summed E-state index contributed by atoms with van der Waals surface area (Å²) in [4.78, 5) is 0. The Morgan fingerprint density at radius 1 is 1.47 bits per heavy atom. The van der Waals surface area contributed by atoms with Gasteiger partial charge in [0.2, 0.25) is 0 Å². The van der Waals surface area contributed by atoms with E-state index in [-0.39, 0.29) is 11.6 Å². The van der Waals surface area contributed by atoms with Crippen molar-refractivity contribution in [3.05, 3.63) is 29.8 Å². The summed E-state index contributed by atoms with van der Waals surface area (Å²) >= 11 is 0. The van der Waals surface area contributed by atoms with Crippen LogP contribution in [0.15, 0.2) is 24.3 Å². The zero-order valence-corrected chi connectivity index (χ0v) is 9.08. The average Bonchev–Trinajstić information content (AvgIpc) is 2.45. The van der Waals surface area contributed by atoms with Crippen LogP contribution < -0.4 is 10.1 Å². The maximum atomic E-state index is 5.87. The van der Waals surface area contributed by atoms with Gasteiger partial charge in [0.1, 0.15) is 11.4 Å². The SMILES string of the molecule is C#CCNC1c2ccccc2OC1(C)C. The lowest BCUT2D eigenvalue weighted by Crippen LogP contribution is -2.39. The van der Waals surface area contributed by atoms with Crippen molar-refractivity contribution in [2.75, 3.05) is 6.54 Å². The number of nitrogens with one attached hydrogen (secondary N) is 1. The molecule has 0 saturated carbocycles. The molecular weight excluding hydrogens is 186 g/mol. The van der Waals surface area contributed by atoms with Crippen LogP contribution in [0.2, 0.25) is 0 Å². The van der Waals surface area contributed by atoms with E-state index in [0.717, 1.165) is 5.75 Å². The van der Waals surface area contributed by atoms with Crippen LogP contribution in [0.1, 0.15) is 25.5 Å². The highest BCUT2D eigenvalue weighted by Crippen LogP contribution is 2.42. The second-order valence-corrected chi connectivity index (χ2v) is 4.26. The first-order valence-electron chi connectivity index (χ1n) is 5.10. The molecule has 0 aliphatic carbocycles. The summed E-state index contributed by atoms with van der Waals surface area (Å²) in [6.07, 6.45) is 5.26. The Morgan fingerprint density at radius 2 is 2.20 bits per heavy atom. The summed E-state index contributed by atoms with van der Waals surface area (Å²) in [6.45, 7) is 4.70. The molecule has 2 heteroatoms. The summed E-state index contributed by atoms with van der Waals surface area (Å²) in [5.74, 6) is 3.55. The Morgan fingerprint density at radius 3 is 2.93 bits per heavy atom. The third kappa shape index (κ3) is 1.71. The molecule has 1 aliphatic rings. The number of hydrogen-bond donors (Lipinski definition) is 1. The number of para-hydroxylation sites is 1. The largest absolute Gasteiger partial charge is 0.486 e. The van der Waals surface area contributed by atoms with E-state index in [1.54, 1.807) is 0 Å². The smallest absolute Gasteiger partial charge is 0.125 e. The molecule has 2 nitrogen and oxygen atoms in total. The van der Waals surface area contributed by atoms with Crippen molar-refractivity contribution in [3.8, 4) is 18.1 Å². The summed E-state index contributed by atoms with van der Waals surface area (Å²) in [5.41, 5.74) is 0.957. The Balaban J connectivity index is 2.31.